The van der Waals surface area contributed by atoms with Gasteiger partial charge in [-0.25, -0.2) is 8.42 Å². The number of aromatic amines is 1. The summed E-state index contributed by atoms with van der Waals surface area (Å²) in [5, 5.41) is 0. The highest BCUT2D eigenvalue weighted by molar-refractivity contribution is 7.89. The van der Waals surface area contributed by atoms with Crippen molar-refractivity contribution in [2.75, 3.05) is 13.1 Å². The standard InChI is InChI=1S/C11H14N2O2S3/c1-3-13(4-2)18(14,15)8-5-6-9-10(7-8)17-11(16)12-9/h5-7H,3-4H2,1-2H3,(H,12,16). The number of sulfonamides is 1. The van der Waals surface area contributed by atoms with E-state index >= 15 is 0 Å². The van der Waals surface area contributed by atoms with Gasteiger partial charge >= 0.3 is 0 Å². The Balaban J connectivity index is 2.57. The zero-order chi connectivity index (χ0) is 13.3. The minimum Gasteiger partial charge on any atom is -0.337 e. The number of fused-ring (bicyclic) bond motifs is 1. The molecule has 1 N–H and O–H groups in total. The molecule has 0 bridgehead atoms. The average molecular weight is 302 g/mol. The van der Waals surface area contributed by atoms with Crippen LogP contribution in [-0.4, -0.2) is 30.8 Å². The molecule has 0 atom stereocenters. The van der Waals surface area contributed by atoms with Crippen LogP contribution >= 0.6 is 23.6 Å². The molecule has 0 aliphatic rings. The quantitative estimate of drug-likeness (QED) is 0.883. The molecule has 98 valence electrons. The van der Waals surface area contributed by atoms with Crippen LogP contribution in [0.25, 0.3) is 10.2 Å². The molecule has 0 unspecified atom stereocenters. The first-order valence-corrected chi connectivity index (χ1v) is 8.28. The molecule has 2 aromatic rings. The average Bonchev–Trinajstić information content (AvgIpc) is 2.69. The van der Waals surface area contributed by atoms with Crippen molar-refractivity contribution in [3.63, 3.8) is 0 Å². The molecule has 0 aliphatic heterocycles. The van der Waals surface area contributed by atoms with Crippen molar-refractivity contribution in [2.45, 2.75) is 18.7 Å². The second kappa shape index (κ2) is 5.08. The number of hydrogen-bond donors (Lipinski definition) is 1. The lowest BCUT2D eigenvalue weighted by Crippen LogP contribution is -2.30. The molecule has 1 aromatic heterocycles. The Kier molecular flexibility index (Phi) is 3.86. The van der Waals surface area contributed by atoms with Crippen molar-refractivity contribution in [3.05, 3.63) is 22.2 Å². The maximum absolute atomic E-state index is 12.3. The van der Waals surface area contributed by atoms with E-state index in [1.807, 2.05) is 13.8 Å². The number of aromatic nitrogens is 1. The topological polar surface area (TPSA) is 53.2 Å². The third-order valence-corrected chi connectivity index (χ3v) is 5.98. The summed E-state index contributed by atoms with van der Waals surface area (Å²) in [7, 11) is -3.39. The molecule has 0 amide bonds. The van der Waals surface area contributed by atoms with Gasteiger partial charge in [-0.1, -0.05) is 13.8 Å². The van der Waals surface area contributed by atoms with E-state index in [2.05, 4.69) is 4.98 Å². The number of nitrogens with zero attached hydrogens (tertiary/aromatic N) is 1. The van der Waals surface area contributed by atoms with Crippen LogP contribution in [0.5, 0.6) is 0 Å². The molecule has 0 spiro atoms. The van der Waals surface area contributed by atoms with Crippen LogP contribution in [0.15, 0.2) is 23.1 Å². The highest BCUT2D eigenvalue weighted by Gasteiger charge is 2.21. The minimum atomic E-state index is -3.39. The predicted octanol–water partition coefficient (Wildman–Crippen LogP) is 2.99. The third kappa shape index (κ3) is 2.35. The summed E-state index contributed by atoms with van der Waals surface area (Å²) >= 11 is 6.44. The van der Waals surface area contributed by atoms with Crippen LogP contribution in [0.4, 0.5) is 0 Å². The summed E-state index contributed by atoms with van der Waals surface area (Å²) < 4.78 is 27.6. The molecule has 0 radical (unpaired) electrons. The largest absolute Gasteiger partial charge is 0.337 e. The summed E-state index contributed by atoms with van der Waals surface area (Å²) in [6.45, 7) is 4.61. The van der Waals surface area contributed by atoms with Gasteiger partial charge in [0.1, 0.15) is 0 Å². The smallest absolute Gasteiger partial charge is 0.243 e. The predicted molar refractivity (Wildman–Crippen MR) is 77.1 cm³/mol. The number of H-pyrrole nitrogens is 1. The molecular weight excluding hydrogens is 288 g/mol. The van der Waals surface area contributed by atoms with E-state index in [1.54, 1.807) is 18.2 Å². The van der Waals surface area contributed by atoms with E-state index in [0.29, 0.717) is 21.9 Å². The van der Waals surface area contributed by atoms with Crippen molar-refractivity contribution in [3.8, 4) is 0 Å². The molecule has 18 heavy (non-hydrogen) atoms. The van der Waals surface area contributed by atoms with Crippen LogP contribution in [-0.2, 0) is 10.0 Å². The van der Waals surface area contributed by atoms with Gasteiger partial charge in [0.15, 0.2) is 3.95 Å². The first kappa shape index (κ1) is 13.7. The lowest BCUT2D eigenvalue weighted by molar-refractivity contribution is 0.445. The molecular formula is C11H14N2O2S3. The summed E-state index contributed by atoms with van der Waals surface area (Å²) in [5.74, 6) is 0. The number of hydrogen-bond acceptors (Lipinski definition) is 4. The van der Waals surface area contributed by atoms with Gasteiger partial charge in [-0.15, -0.1) is 11.3 Å². The van der Waals surface area contributed by atoms with E-state index in [0.717, 1.165) is 10.2 Å². The van der Waals surface area contributed by atoms with Gasteiger partial charge < -0.3 is 4.98 Å². The van der Waals surface area contributed by atoms with E-state index < -0.39 is 10.0 Å². The SMILES string of the molecule is CCN(CC)S(=O)(=O)c1ccc2[nH]c(=S)sc2c1. The van der Waals surface area contributed by atoms with Gasteiger partial charge in [0.25, 0.3) is 0 Å². The third-order valence-electron chi connectivity index (χ3n) is 2.74. The van der Waals surface area contributed by atoms with Crippen LogP contribution in [0.1, 0.15) is 13.8 Å². The van der Waals surface area contributed by atoms with Crippen molar-refractivity contribution < 1.29 is 8.42 Å². The van der Waals surface area contributed by atoms with Crippen molar-refractivity contribution in [1.29, 1.82) is 0 Å². The van der Waals surface area contributed by atoms with E-state index in [9.17, 15) is 8.42 Å². The molecule has 0 aliphatic carbocycles. The Morgan fingerprint density at radius 3 is 2.61 bits per heavy atom. The number of nitrogens with one attached hydrogen (secondary N) is 1. The summed E-state index contributed by atoms with van der Waals surface area (Å²) in [6.07, 6.45) is 0. The fourth-order valence-corrected chi connectivity index (χ4v) is 4.51. The Morgan fingerprint density at radius 2 is 2.00 bits per heavy atom. The first-order chi connectivity index (χ1) is 8.48. The normalized spacial score (nSPS) is 12.4. The van der Waals surface area contributed by atoms with Gasteiger partial charge in [-0.05, 0) is 30.4 Å². The number of thiazole rings is 1. The van der Waals surface area contributed by atoms with E-state index in [4.69, 9.17) is 12.2 Å². The van der Waals surface area contributed by atoms with Gasteiger partial charge in [-0.2, -0.15) is 4.31 Å². The fraction of sp³-hybridized carbons (Fsp3) is 0.364. The highest BCUT2D eigenvalue weighted by atomic mass is 32.2. The zero-order valence-electron chi connectivity index (χ0n) is 10.1. The Bertz CT molecular complexity index is 711. The van der Waals surface area contributed by atoms with Crippen molar-refractivity contribution in [2.24, 2.45) is 0 Å². The molecule has 0 saturated heterocycles. The first-order valence-electron chi connectivity index (χ1n) is 5.62. The van der Waals surface area contributed by atoms with Gasteiger partial charge in [0.05, 0.1) is 15.1 Å². The molecule has 1 heterocycles. The second-order valence-electron chi connectivity index (χ2n) is 3.76. The van der Waals surface area contributed by atoms with Gasteiger partial charge in [0, 0.05) is 13.1 Å². The molecule has 2 rings (SSSR count). The zero-order valence-corrected chi connectivity index (χ0v) is 12.6. The fourth-order valence-electron chi connectivity index (χ4n) is 1.80. The monoisotopic (exact) mass is 302 g/mol. The Morgan fingerprint density at radius 1 is 1.33 bits per heavy atom. The second-order valence-corrected chi connectivity index (χ2v) is 7.42. The molecule has 0 fully saturated rings. The maximum atomic E-state index is 12.3. The molecule has 1 aromatic carbocycles. The maximum Gasteiger partial charge on any atom is 0.243 e. The van der Waals surface area contributed by atoms with E-state index in [1.165, 1.54) is 15.6 Å². The summed E-state index contributed by atoms with van der Waals surface area (Å²) in [5.41, 5.74) is 0.878. The Hall–Kier alpha value is -0.760. The number of benzene rings is 1. The lowest BCUT2D eigenvalue weighted by Gasteiger charge is -2.18. The molecule has 0 saturated carbocycles. The van der Waals surface area contributed by atoms with Gasteiger partial charge in [-0.3, -0.25) is 0 Å². The van der Waals surface area contributed by atoms with Gasteiger partial charge in [0.2, 0.25) is 10.0 Å². The summed E-state index contributed by atoms with van der Waals surface area (Å²) in [4.78, 5) is 3.34. The molecule has 4 nitrogen and oxygen atoms in total. The molecule has 7 heteroatoms. The lowest BCUT2D eigenvalue weighted by atomic mass is 10.3. The number of rotatable bonds is 4. The van der Waals surface area contributed by atoms with Crippen LogP contribution in [0.3, 0.4) is 0 Å². The Labute approximate surface area is 115 Å². The minimum absolute atomic E-state index is 0.323. The highest BCUT2D eigenvalue weighted by Crippen LogP contribution is 2.24. The van der Waals surface area contributed by atoms with E-state index in [-0.39, 0.29) is 0 Å². The van der Waals surface area contributed by atoms with Crippen molar-refractivity contribution >= 4 is 43.8 Å². The summed E-state index contributed by atoms with van der Waals surface area (Å²) in [6, 6.07) is 5.06. The van der Waals surface area contributed by atoms with Crippen LogP contribution in [0, 0.1) is 3.95 Å². The van der Waals surface area contributed by atoms with Crippen LogP contribution < -0.4 is 0 Å². The van der Waals surface area contributed by atoms with Crippen LogP contribution in [0.2, 0.25) is 0 Å². The van der Waals surface area contributed by atoms with Crippen molar-refractivity contribution in [1.82, 2.24) is 9.29 Å².